The molecule has 1 aromatic rings. The van der Waals surface area contributed by atoms with Crippen LogP contribution in [0.15, 0.2) is 18.5 Å². The molecule has 5 nitrogen and oxygen atoms in total. The number of halogens is 2. The first-order valence-electron chi connectivity index (χ1n) is 7.81. The van der Waals surface area contributed by atoms with E-state index in [0.29, 0.717) is 24.0 Å². The number of amides is 1. The minimum Gasteiger partial charge on any atom is -0.490 e. The summed E-state index contributed by atoms with van der Waals surface area (Å²) in [5.74, 6) is 0.767. The zero-order valence-corrected chi connectivity index (χ0v) is 15.1. The molecule has 2 saturated heterocycles. The SMILES string of the molecule is CN1CCC[C@H]1COc1cncc(C(=O)N2CCCC2)c1.Cl.Cl. The van der Waals surface area contributed by atoms with Crippen LogP contribution in [0.5, 0.6) is 5.75 Å². The van der Waals surface area contributed by atoms with E-state index in [2.05, 4.69) is 16.9 Å². The summed E-state index contributed by atoms with van der Waals surface area (Å²) >= 11 is 0. The van der Waals surface area contributed by atoms with Crippen molar-refractivity contribution in [3.63, 3.8) is 0 Å². The van der Waals surface area contributed by atoms with Gasteiger partial charge in [-0.2, -0.15) is 0 Å². The molecule has 0 saturated carbocycles. The first-order chi connectivity index (χ1) is 10.2. The summed E-state index contributed by atoms with van der Waals surface area (Å²) in [6.07, 6.45) is 7.93. The second kappa shape index (κ2) is 9.30. The quantitative estimate of drug-likeness (QED) is 0.826. The molecule has 130 valence electrons. The van der Waals surface area contributed by atoms with E-state index in [9.17, 15) is 4.79 Å². The smallest absolute Gasteiger partial charge is 0.255 e. The van der Waals surface area contributed by atoms with Crippen LogP contribution < -0.4 is 4.74 Å². The maximum Gasteiger partial charge on any atom is 0.255 e. The van der Waals surface area contributed by atoms with Crippen LogP contribution in [0.25, 0.3) is 0 Å². The summed E-state index contributed by atoms with van der Waals surface area (Å²) in [6, 6.07) is 2.30. The third-order valence-electron chi connectivity index (χ3n) is 4.47. The summed E-state index contributed by atoms with van der Waals surface area (Å²) < 4.78 is 5.84. The van der Waals surface area contributed by atoms with E-state index < -0.39 is 0 Å². The molecule has 1 atom stereocenters. The van der Waals surface area contributed by atoms with E-state index in [-0.39, 0.29) is 30.7 Å². The highest BCUT2D eigenvalue weighted by Gasteiger charge is 2.22. The molecule has 7 heteroatoms. The standard InChI is InChI=1S/C16H23N3O2.2ClH/c1-18-6-4-5-14(18)12-21-15-9-13(10-17-11-15)16(20)19-7-2-3-8-19;;/h9-11,14H,2-8,12H2,1H3;2*1H/t14-;;/m0../s1. The molecule has 1 aromatic heterocycles. The van der Waals surface area contributed by atoms with E-state index in [0.717, 1.165) is 32.5 Å². The Morgan fingerprint density at radius 1 is 1.22 bits per heavy atom. The lowest BCUT2D eigenvalue weighted by Gasteiger charge is -2.20. The highest BCUT2D eigenvalue weighted by Crippen LogP contribution is 2.19. The highest BCUT2D eigenvalue weighted by molar-refractivity contribution is 5.94. The van der Waals surface area contributed by atoms with E-state index in [1.807, 2.05) is 11.0 Å². The van der Waals surface area contributed by atoms with Crippen molar-refractivity contribution in [1.29, 1.82) is 0 Å². The van der Waals surface area contributed by atoms with Gasteiger partial charge in [-0.25, -0.2) is 0 Å². The van der Waals surface area contributed by atoms with E-state index in [1.54, 1.807) is 12.4 Å². The van der Waals surface area contributed by atoms with Gasteiger partial charge >= 0.3 is 0 Å². The van der Waals surface area contributed by atoms with E-state index >= 15 is 0 Å². The third kappa shape index (κ3) is 4.96. The molecular weight excluding hydrogens is 337 g/mol. The zero-order chi connectivity index (χ0) is 14.7. The van der Waals surface area contributed by atoms with Crippen LogP contribution in [0.3, 0.4) is 0 Å². The third-order valence-corrected chi connectivity index (χ3v) is 4.47. The van der Waals surface area contributed by atoms with Crippen molar-refractivity contribution < 1.29 is 9.53 Å². The Kier molecular flexibility index (Phi) is 8.09. The van der Waals surface area contributed by atoms with Gasteiger partial charge in [-0.05, 0) is 45.3 Å². The first kappa shape index (κ1) is 20.0. The number of rotatable bonds is 4. The summed E-state index contributed by atoms with van der Waals surface area (Å²) in [7, 11) is 2.13. The Balaban J connectivity index is 0.00000132. The van der Waals surface area contributed by atoms with Gasteiger partial charge in [0.2, 0.25) is 0 Å². The van der Waals surface area contributed by atoms with Crippen molar-refractivity contribution in [3.05, 3.63) is 24.0 Å². The van der Waals surface area contributed by atoms with Gasteiger partial charge in [-0.3, -0.25) is 9.78 Å². The van der Waals surface area contributed by atoms with Crippen LogP contribution in [-0.2, 0) is 0 Å². The maximum atomic E-state index is 12.3. The predicted octanol–water partition coefficient (Wildman–Crippen LogP) is 2.63. The summed E-state index contributed by atoms with van der Waals surface area (Å²) in [4.78, 5) is 20.7. The number of carbonyl (C=O) groups is 1. The van der Waals surface area contributed by atoms with Gasteiger partial charge in [0.1, 0.15) is 12.4 Å². The fraction of sp³-hybridized carbons (Fsp3) is 0.625. The van der Waals surface area contributed by atoms with Crippen LogP contribution in [0.1, 0.15) is 36.0 Å². The molecule has 0 unspecified atom stereocenters. The second-order valence-electron chi connectivity index (χ2n) is 6.00. The fourth-order valence-corrected chi connectivity index (χ4v) is 3.10. The van der Waals surface area contributed by atoms with Crippen molar-refractivity contribution in [2.45, 2.75) is 31.7 Å². The van der Waals surface area contributed by atoms with Crippen molar-refractivity contribution >= 4 is 30.7 Å². The number of carbonyl (C=O) groups excluding carboxylic acids is 1. The van der Waals surface area contributed by atoms with Crippen molar-refractivity contribution in [1.82, 2.24) is 14.8 Å². The summed E-state index contributed by atoms with van der Waals surface area (Å²) in [5, 5.41) is 0. The minimum atomic E-state index is 0. The van der Waals surface area contributed by atoms with Crippen molar-refractivity contribution in [3.8, 4) is 5.75 Å². The number of likely N-dealkylation sites (N-methyl/N-ethyl adjacent to an activating group) is 1. The zero-order valence-electron chi connectivity index (χ0n) is 13.4. The number of nitrogens with zero attached hydrogens (tertiary/aromatic N) is 3. The molecule has 3 heterocycles. The topological polar surface area (TPSA) is 45.7 Å². The van der Waals surface area contributed by atoms with Crippen LogP contribution in [0.4, 0.5) is 0 Å². The average Bonchev–Trinajstić information content (AvgIpc) is 3.16. The molecular formula is C16H25Cl2N3O2. The number of hydrogen-bond donors (Lipinski definition) is 0. The lowest BCUT2D eigenvalue weighted by atomic mass is 10.2. The van der Waals surface area contributed by atoms with Gasteiger partial charge in [0.25, 0.3) is 5.91 Å². The van der Waals surface area contributed by atoms with Gasteiger partial charge in [0, 0.05) is 25.3 Å². The molecule has 2 aliphatic heterocycles. The second-order valence-corrected chi connectivity index (χ2v) is 6.00. The van der Waals surface area contributed by atoms with Gasteiger partial charge in [-0.15, -0.1) is 24.8 Å². The number of pyridine rings is 1. The molecule has 0 bridgehead atoms. The Morgan fingerprint density at radius 3 is 2.61 bits per heavy atom. The van der Waals surface area contributed by atoms with Gasteiger partial charge in [0.05, 0.1) is 11.8 Å². The Morgan fingerprint density at radius 2 is 1.96 bits per heavy atom. The van der Waals surface area contributed by atoms with Gasteiger partial charge < -0.3 is 14.5 Å². The van der Waals surface area contributed by atoms with Crippen molar-refractivity contribution in [2.24, 2.45) is 0 Å². The van der Waals surface area contributed by atoms with Crippen LogP contribution in [0.2, 0.25) is 0 Å². The van der Waals surface area contributed by atoms with Crippen LogP contribution >= 0.6 is 24.8 Å². The maximum absolute atomic E-state index is 12.3. The molecule has 0 aromatic carbocycles. The lowest BCUT2D eigenvalue weighted by molar-refractivity contribution is 0.0791. The lowest BCUT2D eigenvalue weighted by Crippen LogP contribution is -2.30. The Hall–Kier alpha value is -1.04. The molecule has 2 fully saturated rings. The molecule has 2 aliphatic rings. The number of ether oxygens (including phenoxy) is 1. The summed E-state index contributed by atoms with van der Waals surface area (Å²) in [5.41, 5.74) is 0.633. The molecule has 23 heavy (non-hydrogen) atoms. The van der Waals surface area contributed by atoms with Gasteiger partial charge in [0.15, 0.2) is 0 Å². The molecule has 0 radical (unpaired) electrons. The van der Waals surface area contributed by atoms with E-state index in [4.69, 9.17) is 4.74 Å². The molecule has 3 rings (SSSR count). The number of hydrogen-bond acceptors (Lipinski definition) is 4. The Bertz CT molecular complexity index is 510. The van der Waals surface area contributed by atoms with Crippen LogP contribution in [-0.4, -0.2) is 60.0 Å². The number of likely N-dealkylation sites (tertiary alicyclic amines) is 2. The predicted molar refractivity (Wildman–Crippen MR) is 95.0 cm³/mol. The van der Waals surface area contributed by atoms with Crippen LogP contribution in [0, 0.1) is 0 Å². The molecule has 0 N–H and O–H groups in total. The number of aromatic nitrogens is 1. The normalized spacial score (nSPS) is 20.7. The minimum absolute atomic E-state index is 0. The summed E-state index contributed by atoms with van der Waals surface area (Å²) in [6.45, 7) is 3.52. The molecule has 0 aliphatic carbocycles. The first-order valence-corrected chi connectivity index (χ1v) is 7.81. The fourth-order valence-electron chi connectivity index (χ4n) is 3.10. The van der Waals surface area contributed by atoms with Gasteiger partial charge in [-0.1, -0.05) is 0 Å². The largest absolute Gasteiger partial charge is 0.490 e. The van der Waals surface area contributed by atoms with E-state index in [1.165, 1.54) is 12.8 Å². The monoisotopic (exact) mass is 361 g/mol. The molecule has 0 spiro atoms. The van der Waals surface area contributed by atoms with Crippen molar-refractivity contribution in [2.75, 3.05) is 33.3 Å². The average molecular weight is 362 g/mol. The Labute approximate surface area is 150 Å². The highest BCUT2D eigenvalue weighted by atomic mass is 35.5. The molecule has 1 amide bonds.